The summed E-state index contributed by atoms with van der Waals surface area (Å²) in [5.74, 6) is 1.86. The maximum atomic E-state index is 6.31. The average molecular weight is 258 g/mol. The van der Waals surface area contributed by atoms with Crippen LogP contribution in [0.25, 0.3) is 0 Å². The predicted molar refractivity (Wildman–Crippen MR) is 66.8 cm³/mol. The maximum absolute atomic E-state index is 6.31. The molecule has 0 heterocycles. The van der Waals surface area contributed by atoms with Crippen LogP contribution in [0.3, 0.4) is 0 Å². The van der Waals surface area contributed by atoms with E-state index in [0.29, 0.717) is 22.9 Å². The number of hydrogen-bond donors (Lipinski definition) is 2. The van der Waals surface area contributed by atoms with Crippen molar-refractivity contribution >= 4 is 0 Å². The van der Waals surface area contributed by atoms with Crippen molar-refractivity contribution in [2.45, 2.75) is 64.5 Å². The summed E-state index contributed by atoms with van der Waals surface area (Å²) in [6.45, 7) is 4.45. The Bertz CT molecular complexity index is 261. The minimum atomic E-state index is 0. The van der Waals surface area contributed by atoms with Gasteiger partial charge in [-0.3, -0.25) is 0 Å². The molecule has 0 radical (unpaired) electrons. The lowest BCUT2D eigenvalue weighted by Crippen LogP contribution is -3.00. The first-order chi connectivity index (χ1) is 7.46. The van der Waals surface area contributed by atoms with E-state index in [-0.39, 0.29) is 12.4 Å². The molecule has 17 heavy (non-hydrogen) atoms. The van der Waals surface area contributed by atoms with Gasteiger partial charge in [-0.1, -0.05) is 0 Å². The van der Waals surface area contributed by atoms with E-state index in [0.717, 1.165) is 11.8 Å². The molecule has 4 bridgehead atoms. The molecule has 0 saturated heterocycles. The topological polar surface area (TPSA) is 52.0 Å². The van der Waals surface area contributed by atoms with E-state index in [1.807, 2.05) is 0 Å². The quantitative estimate of drug-likeness (QED) is 0.686. The minimum Gasteiger partial charge on any atom is -1.00 e. The highest BCUT2D eigenvalue weighted by Crippen LogP contribution is 2.66. The molecule has 0 amide bonds. The van der Waals surface area contributed by atoms with Gasteiger partial charge in [0, 0.05) is 12.1 Å². The van der Waals surface area contributed by atoms with Crippen molar-refractivity contribution < 1.29 is 12.4 Å². The van der Waals surface area contributed by atoms with Crippen molar-refractivity contribution in [3.8, 4) is 0 Å². The Morgan fingerprint density at radius 1 is 0.882 bits per heavy atom. The third kappa shape index (κ3) is 1.84. The molecule has 4 aliphatic carbocycles. The molecule has 4 rings (SSSR count). The molecule has 4 aliphatic rings. The summed E-state index contributed by atoms with van der Waals surface area (Å²) in [7, 11) is 0. The predicted octanol–water partition coefficient (Wildman–Crippen LogP) is -0.729. The molecule has 0 aromatic heterocycles. The largest absolute Gasteiger partial charge is 1.00 e. The third-order valence-electron chi connectivity index (χ3n) is 6.08. The molecule has 100 valence electrons. The SMILES string of the molecule is CC(N)C12CC3CC(C1)CC(C(C)N)(C3)C2.[Cl-]. The first kappa shape index (κ1) is 13.6. The Morgan fingerprint density at radius 3 is 1.53 bits per heavy atom. The van der Waals surface area contributed by atoms with Gasteiger partial charge in [0.15, 0.2) is 0 Å². The van der Waals surface area contributed by atoms with Crippen LogP contribution < -0.4 is 23.9 Å². The van der Waals surface area contributed by atoms with Gasteiger partial charge < -0.3 is 23.9 Å². The Hall–Kier alpha value is 0.210. The van der Waals surface area contributed by atoms with Crippen LogP contribution >= 0.6 is 0 Å². The van der Waals surface area contributed by atoms with Crippen molar-refractivity contribution in [3.63, 3.8) is 0 Å². The Balaban J connectivity index is 0.00000108. The van der Waals surface area contributed by atoms with E-state index in [9.17, 15) is 0 Å². The van der Waals surface area contributed by atoms with Crippen LogP contribution in [0, 0.1) is 22.7 Å². The van der Waals surface area contributed by atoms with Crippen molar-refractivity contribution in [2.75, 3.05) is 0 Å². The van der Waals surface area contributed by atoms with E-state index in [4.69, 9.17) is 11.5 Å². The fraction of sp³-hybridized carbons (Fsp3) is 1.00. The second kappa shape index (κ2) is 4.11. The minimum absolute atomic E-state index is 0. The highest BCUT2D eigenvalue weighted by Gasteiger charge is 2.59. The van der Waals surface area contributed by atoms with Crippen molar-refractivity contribution in [3.05, 3.63) is 0 Å². The molecule has 4 fully saturated rings. The van der Waals surface area contributed by atoms with Crippen LogP contribution in [0.1, 0.15) is 52.4 Å². The van der Waals surface area contributed by atoms with Gasteiger partial charge in [-0.2, -0.15) is 0 Å². The molecular formula is C14H26ClN2-. The van der Waals surface area contributed by atoms with Gasteiger partial charge in [0.2, 0.25) is 0 Å². The fourth-order valence-corrected chi connectivity index (χ4v) is 5.47. The van der Waals surface area contributed by atoms with Crippen molar-refractivity contribution in [2.24, 2.45) is 34.1 Å². The van der Waals surface area contributed by atoms with E-state index >= 15 is 0 Å². The Labute approximate surface area is 111 Å². The van der Waals surface area contributed by atoms with Gasteiger partial charge in [0.1, 0.15) is 0 Å². The second-order valence-electron chi connectivity index (χ2n) is 7.26. The first-order valence-electron chi connectivity index (χ1n) is 6.97. The summed E-state index contributed by atoms with van der Waals surface area (Å²) in [5, 5.41) is 0. The van der Waals surface area contributed by atoms with Crippen LogP contribution in [0.5, 0.6) is 0 Å². The van der Waals surface area contributed by atoms with E-state index in [1.54, 1.807) is 0 Å². The van der Waals surface area contributed by atoms with Crippen LogP contribution in [0.2, 0.25) is 0 Å². The molecule has 2 atom stereocenters. The van der Waals surface area contributed by atoms with Gasteiger partial charge in [0.05, 0.1) is 0 Å². The highest BCUT2D eigenvalue weighted by molar-refractivity contribution is 5.11. The van der Waals surface area contributed by atoms with Crippen LogP contribution in [0.15, 0.2) is 0 Å². The molecule has 4 N–H and O–H groups in total. The van der Waals surface area contributed by atoms with Gasteiger partial charge in [-0.05, 0) is 75.0 Å². The van der Waals surface area contributed by atoms with Gasteiger partial charge in [0.25, 0.3) is 0 Å². The van der Waals surface area contributed by atoms with Gasteiger partial charge in [-0.15, -0.1) is 0 Å². The number of hydrogen-bond acceptors (Lipinski definition) is 2. The molecule has 2 nitrogen and oxygen atoms in total. The summed E-state index contributed by atoms with van der Waals surface area (Å²) in [5.41, 5.74) is 13.5. The first-order valence-corrected chi connectivity index (χ1v) is 6.97. The Kier molecular flexibility index (Phi) is 3.30. The zero-order valence-electron chi connectivity index (χ0n) is 11.1. The standard InChI is InChI=1S/C14H26N2.ClH/c1-9(15)13-4-11-3-12(5-13)7-14(6-11,8-13)10(2)16;/h9-12H,3-8,15-16H2,1-2H3;1H/p-1. The normalized spacial score (nSPS) is 50.8. The number of nitrogens with two attached hydrogens (primary N) is 2. The van der Waals surface area contributed by atoms with Crippen LogP contribution in [-0.4, -0.2) is 12.1 Å². The van der Waals surface area contributed by atoms with Crippen molar-refractivity contribution in [1.82, 2.24) is 0 Å². The van der Waals surface area contributed by atoms with Crippen LogP contribution in [0.4, 0.5) is 0 Å². The van der Waals surface area contributed by atoms with Gasteiger partial charge >= 0.3 is 0 Å². The van der Waals surface area contributed by atoms with E-state index in [2.05, 4.69) is 13.8 Å². The summed E-state index contributed by atoms with van der Waals surface area (Å²) in [4.78, 5) is 0. The molecule has 0 aromatic rings. The maximum Gasteiger partial charge on any atom is 0.00674 e. The summed E-state index contributed by atoms with van der Waals surface area (Å²) in [6, 6.07) is 0.716. The lowest BCUT2D eigenvalue weighted by atomic mass is 9.41. The Morgan fingerprint density at radius 2 is 1.24 bits per heavy atom. The lowest BCUT2D eigenvalue weighted by Gasteiger charge is -2.64. The fourth-order valence-electron chi connectivity index (χ4n) is 5.47. The molecular weight excluding hydrogens is 232 g/mol. The zero-order valence-corrected chi connectivity index (χ0v) is 11.8. The van der Waals surface area contributed by atoms with E-state index < -0.39 is 0 Å². The molecule has 0 aromatic carbocycles. The highest BCUT2D eigenvalue weighted by atomic mass is 35.5. The summed E-state index contributed by atoms with van der Waals surface area (Å²) < 4.78 is 0. The number of rotatable bonds is 2. The molecule has 4 saturated carbocycles. The molecule has 2 unspecified atom stereocenters. The van der Waals surface area contributed by atoms with Crippen molar-refractivity contribution in [1.29, 1.82) is 0 Å². The summed E-state index contributed by atoms with van der Waals surface area (Å²) >= 11 is 0. The molecule has 0 spiro atoms. The molecule has 3 heteroatoms. The monoisotopic (exact) mass is 257 g/mol. The second-order valence-corrected chi connectivity index (χ2v) is 7.26. The smallest absolute Gasteiger partial charge is 0.00674 e. The zero-order chi connectivity index (χ0) is 11.6. The lowest BCUT2D eigenvalue weighted by molar-refractivity contribution is -0.126. The van der Waals surface area contributed by atoms with E-state index in [1.165, 1.54) is 38.5 Å². The van der Waals surface area contributed by atoms with Crippen LogP contribution in [-0.2, 0) is 0 Å². The average Bonchev–Trinajstić information content (AvgIpc) is 2.14. The van der Waals surface area contributed by atoms with Gasteiger partial charge in [-0.25, -0.2) is 0 Å². The number of halogens is 1. The summed E-state index contributed by atoms with van der Waals surface area (Å²) in [6.07, 6.45) is 8.31. The third-order valence-corrected chi connectivity index (χ3v) is 6.08. The molecule has 0 aliphatic heterocycles.